The fourth-order valence-electron chi connectivity index (χ4n) is 3.22. The first kappa shape index (κ1) is 29.3. The third-order valence-corrected chi connectivity index (χ3v) is 4.82. The number of primary amides is 1. The highest BCUT2D eigenvalue weighted by atomic mass is 16.6. The van der Waals surface area contributed by atoms with Crippen LogP contribution in [0.2, 0.25) is 0 Å². The Balaban J connectivity index is 3.30. The zero-order valence-electron chi connectivity index (χ0n) is 20.8. The molecule has 0 aliphatic heterocycles. The molecular weight excluding hydrogens is 452 g/mol. The molecule has 1 aromatic carbocycles. The quantitative estimate of drug-likeness (QED) is 0.201. The van der Waals surface area contributed by atoms with E-state index in [0.717, 1.165) is 24.2 Å². The van der Waals surface area contributed by atoms with Crippen LogP contribution in [0.4, 0.5) is 4.79 Å². The third-order valence-electron chi connectivity index (χ3n) is 4.82. The molecule has 0 aliphatic rings. The number of alkyl carbamates (subject to hydrolysis) is 1. The lowest BCUT2D eigenvalue weighted by Crippen LogP contribution is -2.51. The summed E-state index contributed by atoms with van der Waals surface area (Å²) in [6, 6.07) is 5.45. The van der Waals surface area contributed by atoms with Gasteiger partial charge in [-0.25, -0.2) is 4.79 Å². The lowest BCUT2D eigenvalue weighted by molar-refractivity contribution is -0.138. The second-order valence-electron chi connectivity index (χ2n) is 9.04. The van der Waals surface area contributed by atoms with Crippen LogP contribution < -0.4 is 16.4 Å². The van der Waals surface area contributed by atoms with Gasteiger partial charge in [-0.1, -0.05) is 38.3 Å². The molecule has 0 heterocycles. The normalized spacial score (nSPS) is 12.5. The Labute approximate surface area is 206 Å². The fourth-order valence-corrected chi connectivity index (χ4v) is 3.22. The maximum absolute atomic E-state index is 13.5. The lowest BCUT2D eigenvalue weighted by Gasteiger charge is -2.30. The number of benzene rings is 1. The van der Waals surface area contributed by atoms with E-state index in [1.165, 1.54) is 18.2 Å². The van der Waals surface area contributed by atoms with Crippen molar-refractivity contribution in [2.24, 2.45) is 5.73 Å². The van der Waals surface area contributed by atoms with Gasteiger partial charge >= 0.3 is 6.09 Å². The van der Waals surface area contributed by atoms with Crippen molar-refractivity contribution in [3.05, 3.63) is 29.8 Å². The van der Waals surface area contributed by atoms with E-state index in [1.54, 1.807) is 26.8 Å². The molecule has 35 heavy (non-hydrogen) atoms. The van der Waals surface area contributed by atoms with Crippen LogP contribution in [0.15, 0.2) is 24.3 Å². The first-order valence-corrected chi connectivity index (χ1v) is 11.5. The first-order chi connectivity index (χ1) is 16.4. The Morgan fingerprint density at radius 1 is 1.23 bits per heavy atom. The first-order valence-electron chi connectivity index (χ1n) is 11.5. The van der Waals surface area contributed by atoms with Crippen LogP contribution in [-0.2, 0) is 19.1 Å². The summed E-state index contributed by atoms with van der Waals surface area (Å²) in [6.07, 6.45) is 7.00. The van der Waals surface area contributed by atoms with Crippen LogP contribution in [0.3, 0.4) is 0 Å². The molecule has 0 fully saturated rings. The SMILES string of the molecule is C#CN(C(=O)C(CCC(N)=O)NC(=O)OC(C)(C)C)C(C(=O)NCCCCC)c1cccc(O)c1. The van der Waals surface area contributed by atoms with E-state index >= 15 is 0 Å². The monoisotopic (exact) mass is 488 g/mol. The summed E-state index contributed by atoms with van der Waals surface area (Å²) < 4.78 is 5.22. The zero-order valence-corrected chi connectivity index (χ0v) is 20.8. The van der Waals surface area contributed by atoms with Crippen molar-refractivity contribution >= 4 is 23.8 Å². The van der Waals surface area contributed by atoms with Crippen molar-refractivity contribution in [2.45, 2.75) is 77.5 Å². The van der Waals surface area contributed by atoms with Crippen molar-refractivity contribution in [3.8, 4) is 18.2 Å². The van der Waals surface area contributed by atoms with Gasteiger partial charge in [-0.3, -0.25) is 19.3 Å². The molecule has 2 unspecified atom stereocenters. The summed E-state index contributed by atoms with van der Waals surface area (Å²) >= 11 is 0. The van der Waals surface area contributed by atoms with Crippen LogP contribution >= 0.6 is 0 Å². The van der Waals surface area contributed by atoms with Crippen molar-refractivity contribution in [1.82, 2.24) is 15.5 Å². The molecule has 192 valence electrons. The standard InChI is InChI=1S/C25H36N4O6/c1-6-8-9-15-27-22(32)21(17-11-10-12-18(30)16-17)29(7-2)23(33)19(13-14-20(26)31)28-24(34)35-25(3,4)5/h2,10-12,16,19,21,30H,6,8-9,13-15H2,1,3-5H3,(H2,26,31)(H,27,32)(H,28,34). The average molecular weight is 489 g/mol. The molecule has 0 bridgehead atoms. The van der Waals surface area contributed by atoms with Gasteiger partial charge in [0.15, 0.2) is 0 Å². The Morgan fingerprint density at radius 2 is 1.91 bits per heavy atom. The van der Waals surface area contributed by atoms with Crippen molar-refractivity contribution in [1.29, 1.82) is 0 Å². The second kappa shape index (κ2) is 13.8. The molecule has 0 aromatic heterocycles. The van der Waals surface area contributed by atoms with E-state index in [1.807, 2.05) is 6.92 Å². The van der Waals surface area contributed by atoms with Crippen LogP contribution in [0, 0.1) is 12.5 Å². The van der Waals surface area contributed by atoms with Crippen LogP contribution in [0.25, 0.3) is 0 Å². The van der Waals surface area contributed by atoms with E-state index in [-0.39, 0.29) is 24.2 Å². The minimum atomic E-state index is -1.29. The van der Waals surface area contributed by atoms with Crippen LogP contribution in [0.5, 0.6) is 5.75 Å². The molecule has 1 aromatic rings. The number of nitrogens with two attached hydrogens (primary N) is 1. The van der Waals surface area contributed by atoms with Gasteiger partial charge in [0.05, 0.1) is 0 Å². The number of ether oxygens (including phenoxy) is 1. The lowest BCUT2D eigenvalue weighted by atomic mass is 10.0. The number of carbonyl (C=O) groups excluding carboxylic acids is 4. The zero-order chi connectivity index (χ0) is 26.6. The summed E-state index contributed by atoms with van der Waals surface area (Å²) in [4.78, 5) is 51.2. The van der Waals surface area contributed by atoms with Gasteiger partial charge in [0.25, 0.3) is 5.91 Å². The van der Waals surface area contributed by atoms with Gasteiger partial charge in [-0.15, -0.1) is 0 Å². The number of nitrogens with zero attached hydrogens (tertiary/aromatic N) is 1. The number of unbranched alkanes of at least 4 members (excludes halogenated alkanes) is 2. The molecule has 0 saturated heterocycles. The Hall–Kier alpha value is -3.74. The Morgan fingerprint density at radius 3 is 2.46 bits per heavy atom. The van der Waals surface area contributed by atoms with Crippen LogP contribution in [-0.4, -0.2) is 52.0 Å². The van der Waals surface area contributed by atoms with Gasteiger partial charge in [0, 0.05) is 19.0 Å². The number of phenols is 1. The number of aromatic hydroxyl groups is 1. The predicted molar refractivity (Wildman–Crippen MR) is 131 cm³/mol. The van der Waals surface area contributed by atoms with Gasteiger partial charge in [0.2, 0.25) is 11.8 Å². The molecular formula is C25H36N4O6. The summed E-state index contributed by atoms with van der Waals surface area (Å²) in [5.74, 6) is -2.16. The highest BCUT2D eigenvalue weighted by Gasteiger charge is 2.36. The highest BCUT2D eigenvalue weighted by Crippen LogP contribution is 2.25. The maximum Gasteiger partial charge on any atom is 0.408 e. The highest BCUT2D eigenvalue weighted by molar-refractivity contribution is 5.93. The molecule has 0 saturated carbocycles. The molecule has 0 spiro atoms. The molecule has 2 atom stereocenters. The number of phenolic OH excluding ortho intramolecular Hbond substituents is 1. The van der Waals surface area contributed by atoms with Gasteiger partial charge in [-0.2, -0.15) is 0 Å². The molecule has 1 rings (SSSR count). The van der Waals surface area contributed by atoms with Gasteiger partial charge in [0.1, 0.15) is 23.4 Å². The summed E-state index contributed by atoms with van der Waals surface area (Å²) in [7, 11) is 0. The number of rotatable bonds is 12. The topological polar surface area (TPSA) is 151 Å². The third kappa shape index (κ3) is 10.4. The Bertz CT molecular complexity index is 935. The number of terminal acetylenes is 1. The predicted octanol–water partition coefficient (Wildman–Crippen LogP) is 2.32. The largest absolute Gasteiger partial charge is 0.508 e. The number of hydrogen-bond acceptors (Lipinski definition) is 6. The summed E-state index contributed by atoms with van der Waals surface area (Å²) in [5, 5.41) is 15.1. The van der Waals surface area contributed by atoms with Crippen LogP contribution in [0.1, 0.15) is 71.4 Å². The van der Waals surface area contributed by atoms with Crippen molar-refractivity contribution in [2.75, 3.05) is 6.54 Å². The summed E-state index contributed by atoms with van der Waals surface area (Å²) in [5.41, 5.74) is 4.67. The van der Waals surface area contributed by atoms with E-state index in [9.17, 15) is 24.3 Å². The summed E-state index contributed by atoms with van der Waals surface area (Å²) in [6.45, 7) is 7.36. The van der Waals surface area contributed by atoms with Crippen molar-refractivity contribution < 1.29 is 29.0 Å². The average Bonchev–Trinajstić information content (AvgIpc) is 2.75. The number of carbonyl (C=O) groups is 4. The molecule has 0 aliphatic carbocycles. The molecule has 0 radical (unpaired) electrons. The van der Waals surface area contributed by atoms with E-state index in [0.29, 0.717) is 6.54 Å². The molecule has 5 N–H and O–H groups in total. The van der Waals surface area contributed by atoms with E-state index in [2.05, 4.69) is 16.7 Å². The van der Waals surface area contributed by atoms with Crippen molar-refractivity contribution in [3.63, 3.8) is 0 Å². The Kier molecular flexibility index (Phi) is 11.6. The number of amides is 4. The molecule has 10 nitrogen and oxygen atoms in total. The van der Waals surface area contributed by atoms with Gasteiger partial charge < -0.3 is 26.2 Å². The minimum Gasteiger partial charge on any atom is -0.508 e. The fraction of sp³-hybridized carbons (Fsp3) is 0.520. The molecule has 4 amide bonds. The van der Waals surface area contributed by atoms with Gasteiger partial charge in [-0.05, 0) is 51.3 Å². The smallest absolute Gasteiger partial charge is 0.408 e. The number of nitrogens with one attached hydrogen (secondary N) is 2. The number of hydrogen-bond donors (Lipinski definition) is 4. The van der Waals surface area contributed by atoms with E-state index < -0.39 is 41.5 Å². The molecule has 10 heteroatoms. The minimum absolute atomic E-state index is 0.118. The maximum atomic E-state index is 13.5. The van der Waals surface area contributed by atoms with E-state index in [4.69, 9.17) is 16.9 Å². The second-order valence-corrected chi connectivity index (χ2v) is 9.04.